The van der Waals surface area contributed by atoms with Crippen molar-refractivity contribution in [3.8, 4) is 0 Å². The number of carbonyl (C=O) groups excluding carboxylic acids is 1. The van der Waals surface area contributed by atoms with E-state index in [1.54, 1.807) is 7.11 Å². The molecule has 2 fully saturated rings. The van der Waals surface area contributed by atoms with E-state index in [9.17, 15) is 4.79 Å². The summed E-state index contributed by atoms with van der Waals surface area (Å²) in [6.07, 6.45) is 2.57. The number of hydrogen-bond acceptors (Lipinski definition) is 3. The zero-order chi connectivity index (χ0) is 15.6. The van der Waals surface area contributed by atoms with Gasteiger partial charge >= 0.3 is 0 Å². The van der Waals surface area contributed by atoms with E-state index in [0.717, 1.165) is 38.9 Å². The number of halogens is 1. The number of benzene rings is 1. The minimum Gasteiger partial charge on any atom is -0.368 e. The van der Waals surface area contributed by atoms with Gasteiger partial charge in [0.2, 0.25) is 0 Å². The average molecular weight is 339 g/mol. The summed E-state index contributed by atoms with van der Waals surface area (Å²) in [7, 11) is 1.68. The van der Waals surface area contributed by atoms with Crippen LogP contribution in [0.4, 0.5) is 0 Å². The van der Waals surface area contributed by atoms with Gasteiger partial charge in [-0.25, -0.2) is 0 Å². The Hall–Kier alpha value is -1.10. The van der Waals surface area contributed by atoms with Crippen LogP contribution in [-0.2, 0) is 9.53 Å². The number of piperidine rings is 1. The lowest BCUT2D eigenvalue weighted by Gasteiger charge is -2.39. The van der Waals surface area contributed by atoms with Gasteiger partial charge in [0.25, 0.3) is 5.91 Å². The number of nitrogens with zero attached hydrogens (tertiary/aromatic N) is 1. The number of amides is 1. The maximum atomic E-state index is 13.1. The van der Waals surface area contributed by atoms with E-state index in [-0.39, 0.29) is 24.4 Å². The maximum Gasteiger partial charge on any atom is 0.255 e. The Bertz CT molecular complexity index is 517. The minimum absolute atomic E-state index is 0. The van der Waals surface area contributed by atoms with Gasteiger partial charge in [0.05, 0.1) is 0 Å². The third-order valence-corrected chi connectivity index (χ3v) is 5.30. The molecule has 1 aromatic rings. The van der Waals surface area contributed by atoms with Crippen molar-refractivity contribution in [3.63, 3.8) is 0 Å². The van der Waals surface area contributed by atoms with Crippen LogP contribution in [0, 0.1) is 0 Å². The minimum atomic E-state index is -0.620. The second kappa shape index (κ2) is 7.65. The molecule has 128 valence electrons. The highest BCUT2D eigenvalue weighted by Crippen LogP contribution is 2.35. The van der Waals surface area contributed by atoms with Crippen molar-refractivity contribution < 1.29 is 9.53 Å². The van der Waals surface area contributed by atoms with Crippen LogP contribution in [0.3, 0.4) is 0 Å². The predicted molar refractivity (Wildman–Crippen MR) is 94.1 cm³/mol. The molecule has 2 aliphatic rings. The second-order valence-electron chi connectivity index (χ2n) is 6.60. The molecule has 5 heteroatoms. The van der Waals surface area contributed by atoms with E-state index >= 15 is 0 Å². The molecule has 2 saturated heterocycles. The first kappa shape index (κ1) is 18.2. The molecule has 2 atom stereocenters. The highest BCUT2D eigenvalue weighted by atomic mass is 35.5. The lowest BCUT2D eigenvalue weighted by atomic mass is 9.90. The molecule has 0 spiro atoms. The van der Waals surface area contributed by atoms with Gasteiger partial charge in [-0.05, 0) is 44.8 Å². The molecule has 0 saturated carbocycles. The van der Waals surface area contributed by atoms with Gasteiger partial charge in [-0.2, -0.15) is 0 Å². The van der Waals surface area contributed by atoms with Gasteiger partial charge in [-0.1, -0.05) is 30.3 Å². The molecule has 0 bridgehead atoms. The lowest BCUT2D eigenvalue weighted by molar-refractivity contribution is -0.159. The summed E-state index contributed by atoms with van der Waals surface area (Å²) < 4.78 is 5.71. The second-order valence-corrected chi connectivity index (χ2v) is 6.60. The largest absolute Gasteiger partial charge is 0.368 e. The molecule has 0 aliphatic carbocycles. The predicted octanol–water partition coefficient (Wildman–Crippen LogP) is 2.58. The van der Waals surface area contributed by atoms with Crippen molar-refractivity contribution >= 4 is 18.3 Å². The summed E-state index contributed by atoms with van der Waals surface area (Å²) in [5, 5.41) is 3.31. The van der Waals surface area contributed by atoms with E-state index in [2.05, 4.69) is 36.5 Å². The molecular formula is C18H27ClN2O2. The number of ether oxygens (including phenoxy) is 1. The molecule has 0 aromatic heterocycles. The number of carbonyl (C=O) groups is 1. The van der Waals surface area contributed by atoms with Gasteiger partial charge in [-0.3, -0.25) is 4.79 Å². The van der Waals surface area contributed by atoms with Crippen molar-refractivity contribution in [1.29, 1.82) is 0 Å². The molecule has 1 aromatic carbocycles. The Morgan fingerprint density at radius 1 is 1.26 bits per heavy atom. The molecular weight excluding hydrogens is 312 g/mol. The molecule has 4 nitrogen and oxygen atoms in total. The average Bonchev–Trinajstić information content (AvgIpc) is 2.97. The van der Waals surface area contributed by atoms with Crippen LogP contribution in [0.25, 0.3) is 0 Å². The SMILES string of the molecule is COC1(C(=O)N2CC(c3ccccc3)CC2C)CCNCC1.Cl. The van der Waals surface area contributed by atoms with Crippen LogP contribution in [0.2, 0.25) is 0 Å². The number of hydrogen-bond donors (Lipinski definition) is 1. The van der Waals surface area contributed by atoms with Gasteiger partial charge < -0.3 is 15.0 Å². The topological polar surface area (TPSA) is 41.6 Å². The molecule has 2 aliphatic heterocycles. The number of rotatable bonds is 3. The Morgan fingerprint density at radius 3 is 2.52 bits per heavy atom. The van der Waals surface area contributed by atoms with E-state index < -0.39 is 5.60 Å². The standard InChI is InChI=1S/C18H26N2O2.ClH/c1-14-12-16(15-6-4-3-5-7-15)13-20(14)17(21)18(22-2)8-10-19-11-9-18;/h3-7,14,16,19H,8-13H2,1-2H3;1H. The highest BCUT2D eigenvalue weighted by Gasteiger charge is 2.46. The molecule has 1 amide bonds. The maximum absolute atomic E-state index is 13.1. The van der Waals surface area contributed by atoms with Crippen molar-refractivity contribution in [2.24, 2.45) is 0 Å². The molecule has 2 unspecified atom stereocenters. The normalized spacial score (nSPS) is 26.6. The monoisotopic (exact) mass is 338 g/mol. The quantitative estimate of drug-likeness (QED) is 0.921. The summed E-state index contributed by atoms with van der Waals surface area (Å²) >= 11 is 0. The van der Waals surface area contributed by atoms with E-state index in [4.69, 9.17) is 4.74 Å². The number of methoxy groups -OCH3 is 1. The molecule has 1 N–H and O–H groups in total. The zero-order valence-corrected chi connectivity index (χ0v) is 14.8. The van der Waals surface area contributed by atoms with E-state index in [0.29, 0.717) is 5.92 Å². The van der Waals surface area contributed by atoms with Crippen LogP contribution in [-0.4, -0.2) is 49.2 Å². The van der Waals surface area contributed by atoms with E-state index in [1.165, 1.54) is 5.56 Å². The van der Waals surface area contributed by atoms with Crippen LogP contribution in [0.1, 0.15) is 37.7 Å². The van der Waals surface area contributed by atoms with Crippen molar-refractivity contribution in [2.75, 3.05) is 26.7 Å². The van der Waals surface area contributed by atoms with Gasteiger partial charge in [0.1, 0.15) is 5.60 Å². The Morgan fingerprint density at radius 2 is 1.91 bits per heavy atom. The number of nitrogens with one attached hydrogen (secondary N) is 1. The zero-order valence-electron chi connectivity index (χ0n) is 14.0. The fourth-order valence-electron chi connectivity index (χ4n) is 3.88. The first-order chi connectivity index (χ1) is 10.7. The summed E-state index contributed by atoms with van der Waals surface area (Å²) in [6.45, 7) is 4.67. The van der Waals surface area contributed by atoms with Crippen LogP contribution in [0.15, 0.2) is 30.3 Å². The van der Waals surface area contributed by atoms with Gasteiger partial charge in [0, 0.05) is 25.6 Å². The Balaban J connectivity index is 0.00000192. The third kappa shape index (κ3) is 3.54. The van der Waals surface area contributed by atoms with Crippen molar-refractivity contribution in [2.45, 2.75) is 43.7 Å². The molecule has 23 heavy (non-hydrogen) atoms. The molecule has 0 radical (unpaired) electrons. The van der Waals surface area contributed by atoms with Crippen molar-refractivity contribution in [1.82, 2.24) is 10.2 Å². The summed E-state index contributed by atoms with van der Waals surface area (Å²) in [5.41, 5.74) is 0.715. The summed E-state index contributed by atoms with van der Waals surface area (Å²) in [6, 6.07) is 10.8. The smallest absolute Gasteiger partial charge is 0.255 e. The lowest BCUT2D eigenvalue weighted by Crippen LogP contribution is -2.56. The first-order valence-electron chi connectivity index (χ1n) is 8.28. The van der Waals surface area contributed by atoms with Crippen molar-refractivity contribution in [3.05, 3.63) is 35.9 Å². The fourth-order valence-corrected chi connectivity index (χ4v) is 3.88. The van der Waals surface area contributed by atoms with Gasteiger partial charge in [0.15, 0.2) is 0 Å². The number of likely N-dealkylation sites (tertiary alicyclic amines) is 1. The third-order valence-electron chi connectivity index (χ3n) is 5.30. The first-order valence-corrected chi connectivity index (χ1v) is 8.28. The molecule has 2 heterocycles. The molecule has 3 rings (SSSR count). The van der Waals surface area contributed by atoms with Crippen LogP contribution >= 0.6 is 12.4 Å². The van der Waals surface area contributed by atoms with Gasteiger partial charge in [-0.15, -0.1) is 12.4 Å². The van der Waals surface area contributed by atoms with E-state index in [1.807, 2.05) is 11.0 Å². The van der Waals surface area contributed by atoms with Crippen LogP contribution in [0.5, 0.6) is 0 Å². The Labute approximate surface area is 145 Å². The summed E-state index contributed by atoms with van der Waals surface area (Å²) in [5.74, 6) is 0.623. The Kier molecular flexibility index (Phi) is 6.06. The fraction of sp³-hybridized carbons (Fsp3) is 0.611. The summed E-state index contributed by atoms with van der Waals surface area (Å²) in [4.78, 5) is 15.2. The van der Waals surface area contributed by atoms with Crippen LogP contribution < -0.4 is 5.32 Å². The highest BCUT2D eigenvalue weighted by molar-refractivity contribution is 5.86.